The van der Waals surface area contributed by atoms with E-state index in [9.17, 15) is 4.57 Å². The van der Waals surface area contributed by atoms with Gasteiger partial charge in [0.1, 0.15) is 6.10 Å². The van der Waals surface area contributed by atoms with Crippen LogP contribution < -0.4 is 0 Å². The predicted molar refractivity (Wildman–Crippen MR) is 103 cm³/mol. The molecule has 0 radical (unpaired) electrons. The first-order valence-corrected chi connectivity index (χ1v) is 12.0. The average Bonchev–Trinajstić information content (AvgIpc) is 3.04. The van der Waals surface area contributed by atoms with E-state index in [4.69, 9.17) is 19.3 Å². The van der Waals surface area contributed by atoms with Crippen molar-refractivity contribution in [3.8, 4) is 0 Å². The van der Waals surface area contributed by atoms with Crippen LogP contribution in [-0.2, 0) is 18.6 Å². The van der Waals surface area contributed by atoms with E-state index in [-0.39, 0.29) is 19.0 Å². The summed E-state index contributed by atoms with van der Waals surface area (Å²) >= 11 is 0. The van der Waals surface area contributed by atoms with E-state index < -0.39 is 7.82 Å². The van der Waals surface area contributed by atoms with E-state index in [1.165, 1.54) is 77.0 Å². The van der Waals surface area contributed by atoms with Crippen LogP contribution in [-0.4, -0.2) is 35.4 Å². The van der Waals surface area contributed by atoms with Gasteiger partial charge < -0.3 is 19.3 Å². The zero-order valence-corrected chi connectivity index (χ0v) is 17.3. The molecule has 2 atom stereocenters. The Morgan fingerprint density at radius 1 is 0.885 bits per heavy atom. The van der Waals surface area contributed by atoms with Crippen molar-refractivity contribution in [2.75, 3.05) is 13.2 Å². The number of phosphoric acid groups is 1. The number of hydrogen-bond acceptors (Lipinski definition) is 4. The highest BCUT2D eigenvalue weighted by molar-refractivity contribution is 7.46. The quantitative estimate of drug-likeness (QED) is 0.257. The van der Waals surface area contributed by atoms with E-state index >= 15 is 0 Å². The van der Waals surface area contributed by atoms with Gasteiger partial charge in [0.15, 0.2) is 6.29 Å². The maximum atomic E-state index is 10.7. The smallest absolute Gasteiger partial charge is 0.350 e. The van der Waals surface area contributed by atoms with Crippen LogP contribution in [0.3, 0.4) is 0 Å². The fourth-order valence-electron chi connectivity index (χ4n) is 3.26. The molecule has 1 heterocycles. The molecule has 7 heteroatoms. The molecule has 2 N–H and O–H groups in total. The third kappa shape index (κ3) is 14.1. The normalized spacial score (nSPS) is 20.7. The van der Waals surface area contributed by atoms with Crippen molar-refractivity contribution in [2.24, 2.45) is 0 Å². The minimum Gasteiger partial charge on any atom is -0.350 e. The number of ether oxygens (including phenoxy) is 2. The van der Waals surface area contributed by atoms with Crippen LogP contribution in [0.2, 0.25) is 0 Å². The van der Waals surface area contributed by atoms with Gasteiger partial charge in [0.25, 0.3) is 0 Å². The van der Waals surface area contributed by atoms with Gasteiger partial charge in [-0.05, 0) is 12.8 Å². The molecule has 0 unspecified atom stereocenters. The Balaban J connectivity index is 1.82. The summed E-state index contributed by atoms with van der Waals surface area (Å²) in [5.74, 6) is 0. The lowest BCUT2D eigenvalue weighted by molar-refractivity contribution is -0.0698. The van der Waals surface area contributed by atoms with E-state index in [0.717, 1.165) is 12.8 Å². The first kappa shape index (κ1) is 24.1. The summed E-state index contributed by atoms with van der Waals surface area (Å²) in [5.41, 5.74) is 0. The third-order valence-electron chi connectivity index (χ3n) is 4.78. The van der Waals surface area contributed by atoms with Gasteiger partial charge in [-0.3, -0.25) is 4.52 Å². The Bertz CT molecular complexity index is 373. The van der Waals surface area contributed by atoms with Gasteiger partial charge in [-0.2, -0.15) is 0 Å². The van der Waals surface area contributed by atoms with Crippen LogP contribution in [0.25, 0.3) is 0 Å². The van der Waals surface area contributed by atoms with Crippen molar-refractivity contribution in [1.82, 2.24) is 0 Å². The molecule has 1 aliphatic heterocycles. The summed E-state index contributed by atoms with van der Waals surface area (Å²) in [6, 6.07) is 0. The summed E-state index contributed by atoms with van der Waals surface area (Å²) < 4.78 is 26.2. The monoisotopic (exact) mass is 394 g/mol. The zero-order chi connectivity index (χ0) is 19.1. The summed E-state index contributed by atoms with van der Waals surface area (Å²) in [6.45, 7) is 2.47. The lowest BCUT2D eigenvalue weighted by Gasteiger charge is -2.12. The molecular weight excluding hydrogens is 355 g/mol. The molecule has 6 nitrogen and oxygen atoms in total. The van der Waals surface area contributed by atoms with Crippen molar-refractivity contribution >= 4 is 7.82 Å². The maximum Gasteiger partial charge on any atom is 0.469 e. The predicted octanol–water partition coefficient (Wildman–Crippen LogP) is 5.32. The lowest BCUT2D eigenvalue weighted by atomic mass is 10.0. The largest absolute Gasteiger partial charge is 0.469 e. The fraction of sp³-hybridized carbons (Fsp3) is 1.00. The van der Waals surface area contributed by atoms with Crippen LogP contribution in [0.1, 0.15) is 96.8 Å². The summed E-state index contributed by atoms with van der Waals surface area (Å²) in [4.78, 5) is 17.3. The Kier molecular flexibility index (Phi) is 13.9. The molecule has 1 fully saturated rings. The molecule has 0 aromatic heterocycles. The summed E-state index contributed by atoms with van der Waals surface area (Å²) in [6.07, 6.45) is 17.4. The van der Waals surface area contributed by atoms with E-state index in [0.29, 0.717) is 6.61 Å². The topological polar surface area (TPSA) is 85.2 Å². The molecule has 1 rings (SSSR count). The fourth-order valence-corrected chi connectivity index (χ4v) is 3.62. The highest BCUT2D eigenvalue weighted by Crippen LogP contribution is 2.36. The minimum absolute atomic E-state index is 0.126. The highest BCUT2D eigenvalue weighted by Gasteiger charge is 2.28. The maximum absolute atomic E-state index is 10.7. The molecule has 0 saturated carbocycles. The Hall–Kier alpha value is 0.0300. The third-order valence-corrected chi connectivity index (χ3v) is 5.27. The Morgan fingerprint density at radius 2 is 1.38 bits per heavy atom. The molecule has 0 aromatic rings. The SMILES string of the molecule is CCCCCCCCCCCCCCC[C@@H]1OC[C@@H](COP(=O)(O)O)O1. The molecule has 26 heavy (non-hydrogen) atoms. The lowest BCUT2D eigenvalue weighted by Crippen LogP contribution is -2.18. The van der Waals surface area contributed by atoms with Crippen LogP contribution in [0, 0.1) is 0 Å². The average molecular weight is 394 g/mol. The number of phosphoric ester groups is 1. The number of unbranched alkanes of at least 4 members (excludes halogenated alkanes) is 12. The summed E-state index contributed by atoms with van der Waals surface area (Å²) in [7, 11) is -4.42. The second-order valence-electron chi connectivity index (χ2n) is 7.34. The van der Waals surface area contributed by atoms with E-state index in [1.807, 2.05) is 0 Å². The van der Waals surface area contributed by atoms with Crippen LogP contribution in [0.4, 0.5) is 0 Å². The van der Waals surface area contributed by atoms with E-state index in [2.05, 4.69) is 11.4 Å². The van der Waals surface area contributed by atoms with Crippen molar-refractivity contribution in [3.05, 3.63) is 0 Å². The summed E-state index contributed by atoms with van der Waals surface area (Å²) in [5, 5.41) is 0. The van der Waals surface area contributed by atoms with Gasteiger partial charge in [0, 0.05) is 0 Å². The van der Waals surface area contributed by atoms with Crippen LogP contribution >= 0.6 is 7.82 Å². The zero-order valence-electron chi connectivity index (χ0n) is 16.4. The van der Waals surface area contributed by atoms with Crippen molar-refractivity contribution in [2.45, 2.75) is 109 Å². The van der Waals surface area contributed by atoms with Gasteiger partial charge in [0.2, 0.25) is 0 Å². The highest BCUT2D eigenvalue weighted by atomic mass is 31.2. The minimum atomic E-state index is -4.42. The molecule has 0 amide bonds. The van der Waals surface area contributed by atoms with Crippen molar-refractivity contribution in [1.29, 1.82) is 0 Å². The Morgan fingerprint density at radius 3 is 1.88 bits per heavy atom. The van der Waals surface area contributed by atoms with E-state index in [1.54, 1.807) is 0 Å². The standard InChI is InChI=1S/C19H39O6P/c1-2-3-4-5-6-7-8-9-10-11-12-13-14-15-19-23-16-18(25-19)17-24-26(20,21)22/h18-19H,2-17H2,1H3,(H2,20,21,22)/t18-,19+/m0/s1. The second-order valence-corrected chi connectivity index (χ2v) is 8.58. The molecule has 1 saturated heterocycles. The van der Waals surface area contributed by atoms with Crippen LogP contribution in [0.15, 0.2) is 0 Å². The molecule has 0 spiro atoms. The van der Waals surface area contributed by atoms with Gasteiger partial charge in [0.05, 0.1) is 13.2 Å². The first-order chi connectivity index (χ1) is 12.5. The van der Waals surface area contributed by atoms with Crippen molar-refractivity contribution < 1.29 is 28.3 Å². The first-order valence-electron chi connectivity index (χ1n) is 10.5. The van der Waals surface area contributed by atoms with Gasteiger partial charge in [-0.25, -0.2) is 4.57 Å². The molecule has 0 aromatic carbocycles. The molecule has 0 aliphatic carbocycles. The van der Waals surface area contributed by atoms with Crippen molar-refractivity contribution in [3.63, 3.8) is 0 Å². The van der Waals surface area contributed by atoms with Crippen LogP contribution in [0.5, 0.6) is 0 Å². The molecular formula is C19H39O6P. The molecule has 156 valence electrons. The number of hydrogen-bond donors (Lipinski definition) is 2. The van der Waals surface area contributed by atoms with Gasteiger partial charge in [-0.1, -0.05) is 84.0 Å². The van der Waals surface area contributed by atoms with Gasteiger partial charge >= 0.3 is 7.82 Å². The second kappa shape index (κ2) is 15.0. The molecule has 1 aliphatic rings. The molecule has 0 bridgehead atoms. The Labute approximate surface area is 159 Å². The number of rotatable bonds is 17. The van der Waals surface area contributed by atoms with Gasteiger partial charge in [-0.15, -0.1) is 0 Å².